The molecule has 0 unspecified atom stereocenters. The first-order chi connectivity index (χ1) is 14.5. The van der Waals surface area contributed by atoms with E-state index < -0.39 is 11.8 Å². The number of hydrogen-bond donors (Lipinski definition) is 3. The third kappa shape index (κ3) is 4.11. The minimum Gasteiger partial charge on any atom is -0.291 e. The fraction of sp³-hybridized carbons (Fsp3) is 0.0952. The van der Waals surface area contributed by atoms with E-state index in [2.05, 4.69) is 26.0 Å². The number of aromatic nitrogens is 4. The van der Waals surface area contributed by atoms with Crippen LogP contribution in [0.5, 0.6) is 0 Å². The molecule has 0 saturated carbocycles. The Balaban J connectivity index is 1.44. The first-order valence-corrected chi connectivity index (χ1v) is 9.59. The summed E-state index contributed by atoms with van der Waals surface area (Å²) in [6, 6.07) is 18.6. The summed E-state index contributed by atoms with van der Waals surface area (Å²) in [7, 11) is 0. The number of pyridine rings is 1. The van der Waals surface area contributed by atoms with Gasteiger partial charge in [-0.2, -0.15) is 5.10 Å². The van der Waals surface area contributed by atoms with Gasteiger partial charge in [-0.3, -0.25) is 30.1 Å². The average molecular weight is 418 g/mol. The molecule has 0 aliphatic heterocycles. The van der Waals surface area contributed by atoms with Crippen molar-refractivity contribution in [3.8, 4) is 11.4 Å². The zero-order chi connectivity index (χ0) is 21.1. The summed E-state index contributed by atoms with van der Waals surface area (Å²) in [5, 5.41) is 7.84. The highest BCUT2D eigenvalue weighted by Gasteiger charge is 2.14. The van der Waals surface area contributed by atoms with Gasteiger partial charge in [0, 0.05) is 10.9 Å². The molecule has 0 radical (unpaired) electrons. The Morgan fingerprint density at radius 3 is 2.60 bits per heavy atom. The van der Waals surface area contributed by atoms with Crippen molar-refractivity contribution in [1.82, 2.24) is 30.6 Å². The van der Waals surface area contributed by atoms with Crippen LogP contribution in [-0.2, 0) is 11.3 Å². The van der Waals surface area contributed by atoms with Gasteiger partial charge < -0.3 is 0 Å². The maximum atomic E-state index is 12.4. The predicted molar refractivity (Wildman–Crippen MR) is 115 cm³/mol. The number of aryl methyl sites for hydroxylation is 1. The number of benzene rings is 2. The molecule has 30 heavy (non-hydrogen) atoms. The van der Waals surface area contributed by atoms with Crippen molar-refractivity contribution in [1.29, 1.82) is 0 Å². The molecule has 0 aliphatic carbocycles. The second-order valence-corrected chi connectivity index (χ2v) is 7.08. The molecule has 150 valence electrons. The fourth-order valence-electron chi connectivity index (χ4n) is 2.95. The number of para-hydroxylation sites is 1. The molecule has 2 amide bonds. The van der Waals surface area contributed by atoms with Gasteiger partial charge in [-0.1, -0.05) is 54.1 Å². The van der Waals surface area contributed by atoms with Crippen LogP contribution in [0.2, 0.25) is 0 Å². The van der Waals surface area contributed by atoms with E-state index in [1.54, 1.807) is 16.7 Å². The highest BCUT2D eigenvalue weighted by Crippen LogP contribution is 2.17. The Morgan fingerprint density at radius 2 is 1.80 bits per heavy atom. The molecule has 0 spiro atoms. The van der Waals surface area contributed by atoms with Crippen LogP contribution in [0.3, 0.4) is 0 Å². The van der Waals surface area contributed by atoms with Crippen LogP contribution in [-0.4, -0.2) is 31.6 Å². The Morgan fingerprint density at radius 1 is 1.03 bits per heavy atom. The van der Waals surface area contributed by atoms with Gasteiger partial charge in [0.25, 0.3) is 11.8 Å². The highest BCUT2D eigenvalue weighted by molar-refractivity contribution is 7.71. The molecule has 2 heterocycles. The number of amides is 2. The molecule has 3 N–H and O–H groups in total. The van der Waals surface area contributed by atoms with Crippen molar-refractivity contribution in [2.75, 3.05) is 0 Å². The summed E-state index contributed by atoms with van der Waals surface area (Å²) in [5.74, 6) is -0.420. The molecule has 0 saturated heterocycles. The van der Waals surface area contributed by atoms with Crippen molar-refractivity contribution in [2.24, 2.45) is 0 Å². The lowest BCUT2D eigenvalue weighted by Crippen LogP contribution is -2.43. The summed E-state index contributed by atoms with van der Waals surface area (Å²) in [5.41, 5.74) is 7.62. The van der Waals surface area contributed by atoms with E-state index in [1.807, 2.05) is 55.5 Å². The number of nitrogens with zero attached hydrogens (tertiary/aromatic N) is 3. The third-order valence-electron chi connectivity index (χ3n) is 4.52. The van der Waals surface area contributed by atoms with Crippen molar-refractivity contribution in [2.45, 2.75) is 13.5 Å². The summed E-state index contributed by atoms with van der Waals surface area (Å²) in [6.07, 6.45) is 0. The summed E-state index contributed by atoms with van der Waals surface area (Å²) >= 11 is 5.24. The third-order valence-corrected chi connectivity index (χ3v) is 4.83. The minimum absolute atomic E-state index is 0.107. The number of carbonyl (C=O) groups excluding carboxylic acids is 2. The van der Waals surface area contributed by atoms with Gasteiger partial charge in [-0.05, 0) is 31.3 Å². The smallest absolute Gasteiger partial charge is 0.288 e. The lowest BCUT2D eigenvalue weighted by molar-refractivity contribution is -0.122. The zero-order valence-corrected chi connectivity index (χ0v) is 16.9. The second-order valence-electron chi connectivity index (χ2n) is 6.70. The van der Waals surface area contributed by atoms with Crippen LogP contribution >= 0.6 is 12.2 Å². The van der Waals surface area contributed by atoms with E-state index in [-0.39, 0.29) is 12.2 Å². The van der Waals surface area contributed by atoms with Crippen molar-refractivity contribution in [3.05, 3.63) is 76.7 Å². The highest BCUT2D eigenvalue weighted by atomic mass is 32.1. The van der Waals surface area contributed by atoms with Crippen LogP contribution in [0, 0.1) is 11.7 Å². The Kier molecular flexibility index (Phi) is 5.36. The van der Waals surface area contributed by atoms with Crippen LogP contribution in [0.25, 0.3) is 22.3 Å². The zero-order valence-electron chi connectivity index (χ0n) is 16.0. The van der Waals surface area contributed by atoms with Crippen molar-refractivity contribution >= 4 is 34.9 Å². The second kappa shape index (κ2) is 8.26. The Bertz CT molecular complexity index is 1290. The maximum Gasteiger partial charge on any atom is 0.288 e. The van der Waals surface area contributed by atoms with E-state index in [0.717, 1.165) is 16.5 Å². The molecule has 0 aliphatic rings. The first kappa shape index (κ1) is 19.5. The van der Waals surface area contributed by atoms with Crippen LogP contribution in [0.1, 0.15) is 16.1 Å². The van der Waals surface area contributed by atoms with Crippen LogP contribution in [0.4, 0.5) is 0 Å². The summed E-state index contributed by atoms with van der Waals surface area (Å²) in [6.45, 7) is 1.88. The molecule has 4 rings (SSSR count). The Labute approximate surface area is 176 Å². The van der Waals surface area contributed by atoms with Crippen LogP contribution < -0.4 is 10.9 Å². The largest absolute Gasteiger partial charge is 0.291 e. The normalized spacial score (nSPS) is 10.7. The summed E-state index contributed by atoms with van der Waals surface area (Å²) < 4.78 is 1.87. The number of H-pyrrole nitrogens is 1. The SMILES string of the molecule is Cc1ccc(-c2n[nH]c(=S)n2CC(=O)NNC(=O)c2ccc3ccccc3n2)cc1. The standard InChI is InChI=1S/C21H18N6O2S/c1-13-6-8-15(9-7-13)19-24-26-21(30)27(19)12-18(28)23-25-20(29)17-11-10-14-4-2-3-5-16(14)22-17/h2-11H,12H2,1H3,(H,23,28)(H,25,29)(H,26,30). The first-order valence-electron chi connectivity index (χ1n) is 9.18. The Hall–Kier alpha value is -3.85. The molecular weight excluding hydrogens is 400 g/mol. The number of rotatable bonds is 4. The number of hydrogen-bond acceptors (Lipinski definition) is 5. The quantitative estimate of drug-likeness (QED) is 0.349. The van der Waals surface area contributed by atoms with Gasteiger partial charge in [0.15, 0.2) is 10.6 Å². The van der Waals surface area contributed by atoms with E-state index >= 15 is 0 Å². The van der Waals surface area contributed by atoms with Crippen LogP contribution in [0.15, 0.2) is 60.7 Å². The van der Waals surface area contributed by atoms with Gasteiger partial charge >= 0.3 is 0 Å². The number of fused-ring (bicyclic) bond motifs is 1. The van der Waals surface area contributed by atoms with E-state index in [1.165, 1.54) is 0 Å². The number of nitrogens with one attached hydrogen (secondary N) is 3. The fourth-order valence-corrected chi connectivity index (χ4v) is 3.15. The molecular formula is C21H18N6O2S. The van der Waals surface area contributed by atoms with E-state index in [4.69, 9.17) is 12.2 Å². The van der Waals surface area contributed by atoms with Gasteiger partial charge in [0.05, 0.1) is 5.52 Å². The molecule has 0 atom stereocenters. The summed E-state index contributed by atoms with van der Waals surface area (Å²) in [4.78, 5) is 29.0. The van der Waals surface area contributed by atoms with E-state index in [0.29, 0.717) is 16.1 Å². The average Bonchev–Trinajstić information content (AvgIpc) is 3.12. The van der Waals surface area contributed by atoms with Crippen molar-refractivity contribution < 1.29 is 9.59 Å². The number of aromatic amines is 1. The predicted octanol–water partition coefficient (Wildman–Crippen LogP) is 2.93. The van der Waals surface area contributed by atoms with Gasteiger partial charge in [-0.15, -0.1) is 0 Å². The molecule has 4 aromatic rings. The molecule has 2 aromatic heterocycles. The lowest BCUT2D eigenvalue weighted by Gasteiger charge is -2.10. The molecule has 9 heteroatoms. The monoisotopic (exact) mass is 418 g/mol. The van der Waals surface area contributed by atoms with Gasteiger partial charge in [-0.25, -0.2) is 4.98 Å². The van der Waals surface area contributed by atoms with Gasteiger partial charge in [0.1, 0.15) is 12.2 Å². The molecule has 0 fully saturated rings. The van der Waals surface area contributed by atoms with E-state index in [9.17, 15) is 9.59 Å². The molecule has 0 bridgehead atoms. The van der Waals surface area contributed by atoms with Crippen molar-refractivity contribution in [3.63, 3.8) is 0 Å². The number of carbonyl (C=O) groups is 2. The topological polar surface area (TPSA) is 105 Å². The van der Waals surface area contributed by atoms with Gasteiger partial charge in [0.2, 0.25) is 0 Å². The lowest BCUT2D eigenvalue weighted by atomic mass is 10.1. The number of hydrazine groups is 1. The molecule has 8 nitrogen and oxygen atoms in total. The molecule has 2 aromatic carbocycles. The minimum atomic E-state index is -0.511. The maximum absolute atomic E-state index is 12.4.